The van der Waals surface area contributed by atoms with Crippen LogP contribution in [-0.4, -0.2) is 0 Å². The first-order chi connectivity index (χ1) is 12.8. The number of fused-ring (bicyclic) bond motifs is 8. The molecule has 0 saturated heterocycles. The van der Waals surface area contributed by atoms with Crippen LogP contribution in [0, 0.1) is 0 Å². The molecule has 2 aliphatic heterocycles. The van der Waals surface area contributed by atoms with Gasteiger partial charge in [-0.25, -0.2) is 0 Å². The van der Waals surface area contributed by atoms with Crippen LogP contribution < -0.4 is 9.47 Å². The topological polar surface area (TPSA) is 18.5 Å². The molecule has 6 rings (SSSR count). The van der Waals surface area contributed by atoms with Crippen LogP contribution in [0.4, 0.5) is 0 Å². The van der Waals surface area contributed by atoms with E-state index in [9.17, 15) is 0 Å². The smallest absolute Gasteiger partial charge is 0.288 e. The number of thiophene rings is 1. The van der Waals surface area contributed by atoms with Gasteiger partial charge in [0, 0.05) is 23.5 Å². The second-order valence-corrected chi connectivity index (χ2v) is 7.88. The summed E-state index contributed by atoms with van der Waals surface area (Å²) in [7, 11) is 0. The Bertz CT molecular complexity index is 1130. The first kappa shape index (κ1) is 14.4. The van der Waals surface area contributed by atoms with Crippen LogP contribution in [-0.2, 0) is 5.79 Å². The largest absolute Gasteiger partial charge is 0.447 e. The highest BCUT2D eigenvalue weighted by atomic mass is 32.1. The summed E-state index contributed by atoms with van der Waals surface area (Å²) >= 11 is 1.69. The molecule has 3 heterocycles. The van der Waals surface area contributed by atoms with Gasteiger partial charge < -0.3 is 9.47 Å². The summed E-state index contributed by atoms with van der Waals surface area (Å²) in [6.45, 7) is 0. The lowest BCUT2D eigenvalue weighted by Crippen LogP contribution is -2.46. The second-order valence-electron chi connectivity index (χ2n) is 6.93. The first-order valence-corrected chi connectivity index (χ1v) is 9.75. The van der Waals surface area contributed by atoms with Gasteiger partial charge in [-0.15, -0.1) is 11.3 Å². The van der Waals surface area contributed by atoms with Gasteiger partial charge >= 0.3 is 0 Å². The van der Waals surface area contributed by atoms with Crippen molar-refractivity contribution in [1.82, 2.24) is 0 Å². The molecule has 2 nitrogen and oxygen atoms in total. The van der Waals surface area contributed by atoms with Gasteiger partial charge in [0.2, 0.25) is 0 Å². The van der Waals surface area contributed by atoms with Gasteiger partial charge in [-0.2, -0.15) is 0 Å². The lowest BCUT2D eigenvalue weighted by Gasteiger charge is -2.46. The van der Waals surface area contributed by atoms with Crippen LogP contribution in [0.15, 0.2) is 78.2 Å². The van der Waals surface area contributed by atoms with Crippen molar-refractivity contribution in [3.05, 3.63) is 94.2 Å². The molecule has 0 unspecified atom stereocenters. The van der Waals surface area contributed by atoms with Gasteiger partial charge in [-0.05, 0) is 34.4 Å². The van der Waals surface area contributed by atoms with Gasteiger partial charge in [-0.3, -0.25) is 0 Å². The van der Waals surface area contributed by atoms with Crippen molar-refractivity contribution in [2.24, 2.45) is 0 Å². The number of rotatable bonds is 1. The average molecular weight is 356 g/mol. The third-order valence-electron chi connectivity index (χ3n) is 5.49. The van der Waals surface area contributed by atoms with Gasteiger partial charge in [-0.1, -0.05) is 54.6 Å². The Hall–Kier alpha value is -2.78. The van der Waals surface area contributed by atoms with Gasteiger partial charge in [0.25, 0.3) is 5.79 Å². The third-order valence-corrected chi connectivity index (χ3v) is 6.49. The Morgan fingerprint density at radius 1 is 0.808 bits per heavy atom. The molecule has 0 aliphatic carbocycles. The summed E-state index contributed by atoms with van der Waals surface area (Å²) < 4.78 is 13.1. The maximum Gasteiger partial charge on any atom is 0.288 e. The van der Waals surface area contributed by atoms with Crippen LogP contribution >= 0.6 is 11.3 Å². The summed E-state index contributed by atoms with van der Waals surface area (Å²) in [5, 5.41) is 4.61. The van der Waals surface area contributed by atoms with Crippen molar-refractivity contribution in [2.75, 3.05) is 0 Å². The molecule has 0 radical (unpaired) electrons. The molecule has 0 amide bonds. The minimum absolute atomic E-state index is 0.261. The minimum atomic E-state index is -0.733. The molecule has 2 bridgehead atoms. The Balaban J connectivity index is 1.68. The molecule has 3 heteroatoms. The molecule has 0 spiro atoms. The lowest BCUT2D eigenvalue weighted by atomic mass is 9.78. The summed E-state index contributed by atoms with van der Waals surface area (Å²) in [5.74, 6) is 1.39. The van der Waals surface area contributed by atoms with Crippen molar-refractivity contribution < 1.29 is 9.47 Å². The highest BCUT2D eigenvalue weighted by Gasteiger charge is 2.50. The van der Waals surface area contributed by atoms with Crippen molar-refractivity contribution in [1.29, 1.82) is 0 Å². The predicted octanol–water partition coefficient (Wildman–Crippen LogP) is 6.06. The maximum atomic E-state index is 6.59. The number of para-hydroxylation sites is 1. The monoisotopic (exact) mass is 356 g/mol. The van der Waals surface area contributed by atoms with E-state index < -0.39 is 5.79 Å². The van der Waals surface area contributed by atoms with Crippen LogP contribution in [0.25, 0.3) is 10.8 Å². The molecule has 0 saturated carbocycles. The van der Waals surface area contributed by atoms with Crippen molar-refractivity contribution in [3.8, 4) is 11.5 Å². The molecule has 3 aromatic carbocycles. The number of ether oxygens (including phenoxy) is 2. The molecule has 26 heavy (non-hydrogen) atoms. The SMILES string of the molecule is c1csc([C@]23C[C@H](c4ccccc4O2)c2c(ccc4ccccc24)O3)c1. The molecule has 4 aromatic rings. The quantitative estimate of drug-likeness (QED) is 0.413. The first-order valence-electron chi connectivity index (χ1n) is 8.87. The van der Waals surface area contributed by atoms with E-state index in [-0.39, 0.29) is 5.92 Å². The summed E-state index contributed by atoms with van der Waals surface area (Å²) in [6, 6.07) is 25.4. The van der Waals surface area contributed by atoms with E-state index in [4.69, 9.17) is 9.47 Å². The standard InChI is InChI=1S/C23H16O2S/c1-2-7-16-15(6-1)11-12-20-22(16)18-14-23(25-20,21-10-5-13-26-21)24-19-9-4-3-8-17(18)19/h1-13,18H,14H2/t18-,23-/m1/s1. The molecular weight excluding hydrogens is 340 g/mol. The second kappa shape index (κ2) is 5.12. The van der Waals surface area contributed by atoms with Gasteiger partial charge in [0.15, 0.2) is 0 Å². The zero-order chi connectivity index (χ0) is 17.1. The van der Waals surface area contributed by atoms with E-state index in [1.165, 1.54) is 21.9 Å². The minimum Gasteiger partial charge on any atom is -0.447 e. The normalized spacial score (nSPS) is 22.8. The van der Waals surface area contributed by atoms with Crippen LogP contribution in [0.5, 0.6) is 11.5 Å². The summed E-state index contributed by atoms with van der Waals surface area (Å²) in [5.41, 5.74) is 2.53. The molecule has 1 aromatic heterocycles. The van der Waals surface area contributed by atoms with Gasteiger partial charge in [0.1, 0.15) is 11.5 Å². The van der Waals surface area contributed by atoms with E-state index in [0.717, 1.165) is 22.8 Å². The third kappa shape index (κ3) is 1.86. The fourth-order valence-corrected chi connectivity index (χ4v) is 5.18. The lowest BCUT2D eigenvalue weighted by molar-refractivity contribution is -0.145. The van der Waals surface area contributed by atoms with Crippen molar-refractivity contribution >= 4 is 22.1 Å². The number of hydrogen-bond acceptors (Lipinski definition) is 3. The Labute approximate surface area is 155 Å². The van der Waals surface area contributed by atoms with E-state index in [1.807, 2.05) is 6.07 Å². The van der Waals surface area contributed by atoms with E-state index >= 15 is 0 Å². The zero-order valence-corrected chi connectivity index (χ0v) is 14.8. The number of hydrogen-bond donors (Lipinski definition) is 0. The fourth-order valence-electron chi connectivity index (χ4n) is 4.38. The predicted molar refractivity (Wildman–Crippen MR) is 104 cm³/mol. The van der Waals surface area contributed by atoms with Crippen molar-refractivity contribution in [2.45, 2.75) is 18.1 Å². The highest BCUT2D eigenvalue weighted by molar-refractivity contribution is 7.10. The Morgan fingerprint density at radius 3 is 2.58 bits per heavy atom. The average Bonchev–Trinajstić information content (AvgIpc) is 3.23. The molecular formula is C23H16O2S. The van der Waals surface area contributed by atoms with Crippen LogP contribution in [0.2, 0.25) is 0 Å². The summed E-state index contributed by atoms with van der Waals surface area (Å²) in [6.07, 6.45) is 0.797. The van der Waals surface area contributed by atoms with E-state index in [0.29, 0.717) is 0 Å². The van der Waals surface area contributed by atoms with Gasteiger partial charge in [0.05, 0.1) is 4.88 Å². The molecule has 2 aliphatic rings. The van der Waals surface area contributed by atoms with Crippen LogP contribution in [0.3, 0.4) is 0 Å². The Kier molecular flexibility index (Phi) is 2.83. The zero-order valence-electron chi connectivity index (χ0n) is 14.0. The van der Waals surface area contributed by atoms with Crippen LogP contribution in [0.1, 0.15) is 28.3 Å². The maximum absolute atomic E-state index is 6.59. The summed E-state index contributed by atoms with van der Waals surface area (Å²) in [4.78, 5) is 1.12. The Morgan fingerprint density at radius 2 is 1.65 bits per heavy atom. The number of benzene rings is 3. The molecule has 0 fully saturated rings. The van der Waals surface area contributed by atoms with Crippen molar-refractivity contribution in [3.63, 3.8) is 0 Å². The molecule has 2 atom stereocenters. The molecule has 0 N–H and O–H groups in total. The van der Waals surface area contributed by atoms with E-state index in [1.54, 1.807) is 11.3 Å². The highest BCUT2D eigenvalue weighted by Crippen LogP contribution is 2.56. The van der Waals surface area contributed by atoms with E-state index in [2.05, 4.69) is 72.1 Å². The molecule has 126 valence electrons. The fraction of sp³-hybridized carbons (Fsp3) is 0.130.